The lowest BCUT2D eigenvalue weighted by Crippen LogP contribution is -2.09. The van der Waals surface area contributed by atoms with Crippen molar-refractivity contribution in [2.24, 2.45) is 5.84 Å². The van der Waals surface area contributed by atoms with Crippen LogP contribution in [0, 0.1) is 10.1 Å². The number of nitrogen functional groups attached to an aromatic ring is 1. The van der Waals surface area contributed by atoms with Crippen LogP contribution in [0.3, 0.4) is 0 Å². The van der Waals surface area contributed by atoms with E-state index in [-0.39, 0.29) is 17.1 Å². The number of nitrogens with one attached hydrogen (secondary N) is 1. The van der Waals surface area contributed by atoms with Crippen LogP contribution >= 0.6 is 0 Å². The van der Waals surface area contributed by atoms with Gasteiger partial charge in [-0.2, -0.15) is 0 Å². The highest BCUT2D eigenvalue weighted by atomic mass is 16.6. The first kappa shape index (κ1) is 13.6. The highest BCUT2D eigenvalue weighted by molar-refractivity contribution is 5.68. The van der Waals surface area contributed by atoms with Crippen molar-refractivity contribution in [3.63, 3.8) is 0 Å². The Kier molecular flexibility index (Phi) is 4.02. The Labute approximate surface area is 115 Å². The molecule has 2 aromatic rings. The fourth-order valence-electron chi connectivity index (χ4n) is 1.73. The predicted octanol–water partition coefficient (Wildman–Crippen LogP) is 2.68. The minimum Gasteiger partial charge on any atom is -0.493 e. The van der Waals surface area contributed by atoms with E-state index in [0.717, 1.165) is 0 Å². The van der Waals surface area contributed by atoms with Gasteiger partial charge in [-0.3, -0.25) is 16.0 Å². The second-order valence-electron chi connectivity index (χ2n) is 3.81. The number of para-hydroxylation sites is 3. The molecule has 3 N–H and O–H groups in total. The molecule has 0 radical (unpaired) electrons. The van der Waals surface area contributed by atoms with Crippen molar-refractivity contribution >= 4 is 11.4 Å². The molecule has 7 nitrogen and oxygen atoms in total. The molecule has 104 valence electrons. The average molecular weight is 275 g/mol. The maximum absolute atomic E-state index is 11.1. The molecular weight excluding hydrogens is 262 g/mol. The first-order valence-corrected chi connectivity index (χ1v) is 5.72. The summed E-state index contributed by atoms with van der Waals surface area (Å²) in [4.78, 5) is 10.6. The van der Waals surface area contributed by atoms with Crippen LogP contribution in [0.4, 0.5) is 11.4 Å². The van der Waals surface area contributed by atoms with Gasteiger partial charge in [0.2, 0.25) is 5.75 Å². The van der Waals surface area contributed by atoms with Crippen molar-refractivity contribution in [1.29, 1.82) is 0 Å². The molecule has 0 unspecified atom stereocenters. The van der Waals surface area contributed by atoms with Gasteiger partial charge in [-0.25, -0.2) is 0 Å². The molecule has 2 aromatic carbocycles. The Morgan fingerprint density at radius 1 is 1.10 bits per heavy atom. The summed E-state index contributed by atoms with van der Waals surface area (Å²) < 4.78 is 10.7. The van der Waals surface area contributed by atoms with E-state index in [9.17, 15) is 10.1 Å². The van der Waals surface area contributed by atoms with Gasteiger partial charge in [-0.1, -0.05) is 18.2 Å². The summed E-state index contributed by atoms with van der Waals surface area (Å²) in [6, 6.07) is 11.5. The Hall–Kier alpha value is -2.80. The molecule has 0 heterocycles. The number of benzene rings is 2. The quantitative estimate of drug-likeness (QED) is 0.494. The van der Waals surface area contributed by atoms with Crippen LogP contribution in [-0.2, 0) is 0 Å². The molecule has 0 aliphatic rings. The molecular formula is C13H13N3O4. The third-order valence-electron chi connectivity index (χ3n) is 2.63. The number of ether oxygens (including phenoxy) is 2. The second kappa shape index (κ2) is 5.89. The van der Waals surface area contributed by atoms with Crippen molar-refractivity contribution in [2.75, 3.05) is 12.5 Å². The van der Waals surface area contributed by atoms with Gasteiger partial charge in [0.15, 0.2) is 11.5 Å². The molecule has 0 saturated carbocycles. The van der Waals surface area contributed by atoms with Crippen LogP contribution in [0.25, 0.3) is 0 Å². The zero-order valence-corrected chi connectivity index (χ0v) is 10.7. The standard InChI is InChI=1S/C13H13N3O4/c1-19-10-6-2-3-7-11(10)20-12-8-4-5-9(15-14)13(12)16(17)18/h2-8,15H,14H2,1H3. The average Bonchev–Trinajstić information content (AvgIpc) is 2.47. The number of hydrazine groups is 1. The highest BCUT2D eigenvalue weighted by Crippen LogP contribution is 2.39. The summed E-state index contributed by atoms with van der Waals surface area (Å²) in [5.74, 6) is 6.21. The monoisotopic (exact) mass is 275 g/mol. The predicted molar refractivity (Wildman–Crippen MR) is 74.0 cm³/mol. The van der Waals surface area contributed by atoms with Crippen molar-refractivity contribution in [1.82, 2.24) is 0 Å². The Morgan fingerprint density at radius 3 is 2.35 bits per heavy atom. The lowest BCUT2D eigenvalue weighted by Gasteiger charge is -2.11. The molecule has 0 spiro atoms. The third kappa shape index (κ3) is 2.62. The molecule has 0 amide bonds. The normalized spacial score (nSPS) is 9.90. The van der Waals surface area contributed by atoms with Crippen LogP contribution in [0.15, 0.2) is 42.5 Å². The van der Waals surface area contributed by atoms with E-state index < -0.39 is 4.92 Å². The number of hydrogen-bond donors (Lipinski definition) is 2. The molecule has 0 atom stereocenters. The van der Waals surface area contributed by atoms with Crippen molar-refractivity contribution in [3.8, 4) is 17.2 Å². The van der Waals surface area contributed by atoms with Crippen LogP contribution in [-0.4, -0.2) is 12.0 Å². The smallest absolute Gasteiger partial charge is 0.335 e. The van der Waals surface area contributed by atoms with Gasteiger partial charge in [-0.05, 0) is 24.3 Å². The molecule has 0 aliphatic heterocycles. The van der Waals surface area contributed by atoms with Crippen LogP contribution in [0.1, 0.15) is 0 Å². The van der Waals surface area contributed by atoms with E-state index in [1.54, 1.807) is 30.3 Å². The van der Waals surface area contributed by atoms with E-state index in [4.69, 9.17) is 15.3 Å². The van der Waals surface area contributed by atoms with Crippen LogP contribution < -0.4 is 20.7 Å². The topological polar surface area (TPSA) is 99.7 Å². The summed E-state index contributed by atoms with van der Waals surface area (Å²) in [7, 11) is 1.49. The van der Waals surface area contributed by atoms with Gasteiger partial charge in [0.1, 0.15) is 5.69 Å². The fourth-order valence-corrected chi connectivity index (χ4v) is 1.73. The molecule has 0 fully saturated rings. The number of nitro groups is 1. The van der Waals surface area contributed by atoms with Crippen molar-refractivity contribution in [2.45, 2.75) is 0 Å². The zero-order chi connectivity index (χ0) is 14.5. The molecule has 20 heavy (non-hydrogen) atoms. The van der Waals surface area contributed by atoms with Crippen molar-refractivity contribution < 1.29 is 14.4 Å². The zero-order valence-electron chi connectivity index (χ0n) is 10.7. The highest BCUT2D eigenvalue weighted by Gasteiger charge is 2.21. The second-order valence-corrected chi connectivity index (χ2v) is 3.81. The van der Waals surface area contributed by atoms with E-state index >= 15 is 0 Å². The van der Waals surface area contributed by atoms with Gasteiger partial charge in [-0.15, -0.1) is 0 Å². The maximum Gasteiger partial charge on any atom is 0.335 e. The summed E-state index contributed by atoms with van der Waals surface area (Å²) in [6.07, 6.45) is 0. The van der Waals surface area contributed by atoms with Gasteiger partial charge in [0.25, 0.3) is 0 Å². The Bertz CT molecular complexity index is 631. The van der Waals surface area contributed by atoms with Gasteiger partial charge in [0, 0.05) is 0 Å². The summed E-state index contributed by atoms with van der Waals surface area (Å²) >= 11 is 0. The number of nitro benzene ring substituents is 1. The number of anilines is 1. The first-order chi connectivity index (χ1) is 9.67. The molecule has 0 saturated heterocycles. The minimum atomic E-state index is -0.556. The van der Waals surface area contributed by atoms with E-state index in [2.05, 4.69) is 5.43 Å². The summed E-state index contributed by atoms with van der Waals surface area (Å²) in [5.41, 5.74) is 2.21. The lowest BCUT2D eigenvalue weighted by atomic mass is 10.2. The SMILES string of the molecule is COc1ccccc1Oc1cccc(NN)c1[N+](=O)[O-]. The molecule has 0 bridgehead atoms. The Morgan fingerprint density at radius 2 is 1.75 bits per heavy atom. The number of hydrogen-bond acceptors (Lipinski definition) is 6. The van der Waals surface area contributed by atoms with E-state index in [1.165, 1.54) is 19.2 Å². The molecule has 0 aliphatic carbocycles. The first-order valence-electron chi connectivity index (χ1n) is 5.72. The van der Waals surface area contributed by atoms with E-state index in [0.29, 0.717) is 11.5 Å². The van der Waals surface area contributed by atoms with Gasteiger partial charge < -0.3 is 14.9 Å². The van der Waals surface area contributed by atoms with Crippen LogP contribution in [0.2, 0.25) is 0 Å². The van der Waals surface area contributed by atoms with Crippen LogP contribution in [0.5, 0.6) is 17.2 Å². The Balaban J connectivity index is 2.46. The minimum absolute atomic E-state index is 0.0787. The number of nitrogens with zero attached hydrogens (tertiary/aromatic N) is 1. The number of nitrogens with two attached hydrogens (primary N) is 1. The third-order valence-corrected chi connectivity index (χ3v) is 2.63. The number of rotatable bonds is 5. The molecule has 0 aromatic heterocycles. The van der Waals surface area contributed by atoms with Crippen molar-refractivity contribution in [3.05, 3.63) is 52.6 Å². The molecule has 7 heteroatoms. The largest absolute Gasteiger partial charge is 0.493 e. The van der Waals surface area contributed by atoms with Gasteiger partial charge in [0.05, 0.1) is 12.0 Å². The maximum atomic E-state index is 11.1. The summed E-state index contributed by atoms with van der Waals surface area (Å²) in [6.45, 7) is 0. The number of methoxy groups -OCH3 is 1. The summed E-state index contributed by atoms with van der Waals surface area (Å²) in [5, 5.41) is 11.1. The fraction of sp³-hybridized carbons (Fsp3) is 0.0769. The van der Waals surface area contributed by atoms with E-state index in [1.807, 2.05) is 0 Å². The van der Waals surface area contributed by atoms with Gasteiger partial charge >= 0.3 is 5.69 Å². The molecule has 2 rings (SSSR count). The lowest BCUT2D eigenvalue weighted by molar-refractivity contribution is -0.384.